The highest BCUT2D eigenvalue weighted by Gasteiger charge is 2.75. The Hall–Kier alpha value is -3.72. The molecule has 0 aliphatic heterocycles. The molecule has 0 saturated heterocycles. The molecule has 14 nitrogen and oxygen atoms in total. The number of ketones is 2. The third-order valence-electron chi connectivity index (χ3n) is 11.0. The number of allylic oxidation sites excluding steroid dienone is 4. The number of nitrogens with zero attached hydrogens (tertiary/aromatic N) is 1. The lowest BCUT2D eigenvalue weighted by molar-refractivity contribution is -0.757. The van der Waals surface area contributed by atoms with E-state index in [0.29, 0.717) is 5.57 Å². The number of aliphatic hydroxyl groups excluding tert-OH is 1. The van der Waals surface area contributed by atoms with Gasteiger partial charge >= 0.3 is 11.9 Å². The van der Waals surface area contributed by atoms with Crippen LogP contribution in [0, 0.1) is 38.7 Å². The number of carbonyl (C=O) groups excluding carboxylic acids is 5. The summed E-state index contributed by atoms with van der Waals surface area (Å²) in [5.41, 5.74) is -6.13. The summed E-state index contributed by atoms with van der Waals surface area (Å²) in [6.45, 7) is 4.88. The number of rotatable bonds is 13. The van der Waals surface area contributed by atoms with Crippen LogP contribution < -0.4 is 5.32 Å². The van der Waals surface area contributed by atoms with Gasteiger partial charge in [0.25, 0.3) is 5.09 Å². The maximum absolute atomic E-state index is 17.4. The van der Waals surface area contributed by atoms with Crippen LogP contribution in [0.3, 0.4) is 0 Å². The average molecular weight is 667 g/mol. The number of hydrogen-bond acceptors (Lipinski definition) is 12. The van der Waals surface area contributed by atoms with E-state index >= 15 is 4.39 Å². The Morgan fingerprint density at radius 1 is 1.17 bits per heavy atom. The number of hydrogen-bond donors (Lipinski definition) is 3. The number of unbranched alkanes of at least 4 members (excludes halogenated alkanes) is 1. The summed E-state index contributed by atoms with van der Waals surface area (Å²) in [4.78, 5) is 77.1. The van der Waals surface area contributed by atoms with Crippen molar-refractivity contribution in [3.63, 3.8) is 0 Å². The molecule has 0 aromatic rings. The molecule has 1 amide bonds. The van der Waals surface area contributed by atoms with Crippen molar-refractivity contribution in [2.75, 3.05) is 19.8 Å². The molecule has 0 radical (unpaired) electrons. The second-order valence-electron chi connectivity index (χ2n) is 13.6. The Morgan fingerprint density at radius 2 is 1.85 bits per heavy atom. The first-order chi connectivity index (χ1) is 21.9. The Bertz CT molecular complexity index is 1380. The first kappa shape index (κ1) is 36.1. The van der Waals surface area contributed by atoms with Gasteiger partial charge in [0, 0.05) is 30.1 Å². The molecule has 0 aromatic heterocycles. The summed E-state index contributed by atoms with van der Waals surface area (Å²) in [7, 11) is 0. The molecule has 4 rings (SSSR count). The fourth-order valence-electron chi connectivity index (χ4n) is 8.58. The van der Waals surface area contributed by atoms with Crippen molar-refractivity contribution in [3.8, 4) is 0 Å². The topological polar surface area (TPSA) is 209 Å². The Morgan fingerprint density at radius 3 is 2.51 bits per heavy atom. The first-order valence-electron chi connectivity index (χ1n) is 15.8. The molecule has 0 heterocycles. The van der Waals surface area contributed by atoms with E-state index in [1.54, 1.807) is 20.8 Å². The zero-order valence-corrected chi connectivity index (χ0v) is 27.0. The van der Waals surface area contributed by atoms with Crippen LogP contribution in [0.1, 0.15) is 72.6 Å². The molecule has 4 aliphatic rings. The summed E-state index contributed by atoms with van der Waals surface area (Å²) < 4.78 is 27.6. The highest BCUT2D eigenvalue weighted by molar-refractivity contribution is 5.94. The number of alkyl halides is 1. The van der Waals surface area contributed by atoms with Gasteiger partial charge in [0.2, 0.25) is 11.7 Å². The van der Waals surface area contributed by atoms with E-state index in [-0.39, 0.29) is 57.5 Å². The van der Waals surface area contributed by atoms with Gasteiger partial charge < -0.3 is 29.8 Å². The van der Waals surface area contributed by atoms with Crippen LogP contribution in [-0.2, 0) is 38.3 Å². The first-order valence-corrected chi connectivity index (χ1v) is 15.8. The van der Waals surface area contributed by atoms with Crippen molar-refractivity contribution in [3.05, 3.63) is 33.9 Å². The van der Waals surface area contributed by atoms with Gasteiger partial charge in [0.15, 0.2) is 18.1 Å². The number of nitrogens with one attached hydrogen (secondary N) is 1. The van der Waals surface area contributed by atoms with Gasteiger partial charge in [-0.2, -0.15) is 0 Å². The molecule has 47 heavy (non-hydrogen) atoms. The average Bonchev–Trinajstić information content (AvgIpc) is 3.19. The van der Waals surface area contributed by atoms with Crippen LogP contribution in [0.15, 0.2) is 23.8 Å². The Kier molecular flexibility index (Phi) is 10.3. The Labute approximate surface area is 271 Å². The van der Waals surface area contributed by atoms with Crippen molar-refractivity contribution in [1.82, 2.24) is 5.32 Å². The van der Waals surface area contributed by atoms with Crippen LogP contribution in [0.5, 0.6) is 0 Å². The number of carbonyl (C=O) groups is 5. The molecule has 2 fully saturated rings. The van der Waals surface area contributed by atoms with Gasteiger partial charge in [-0.15, -0.1) is 10.1 Å². The van der Waals surface area contributed by atoms with E-state index in [2.05, 4.69) is 10.2 Å². The fraction of sp³-hybridized carbons (Fsp3) is 0.719. The minimum Gasteiger partial charge on any atom is -0.464 e. The predicted octanol–water partition coefficient (Wildman–Crippen LogP) is 1.87. The van der Waals surface area contributed by atoms with Gasteiger partial charge in [-0.1, -0.05) is 31.6 Å². The number of halogens is 1. The maximum atomic E-state index is 17.4. The van der Waals surface area contributed by atoms with Crippen LogP contribution >= 0.6 is 0 Å². The number of esters is 2. The SMILES string of the molecule is CC(=O)NC(CC(=O)OCC(=O)[C@@]1(O)[C@H](C)C[C@H]2[C@@H]3CC=C4CC(=O)C=C[C@]4(C)[C@@]3(F)[C@@H](O)C[C@@]21C)C(=O)OCCCCO[N+](=O)[O-]. The van der Waals surface area contributed by atoms with E-state index < -0.39 is 93.7 Å². The third-order valence-corrected chi connectivity index (χ3v) is 11.0. The molecule has 2 saturated carbocycles. The molecule has 3 N–H and O–H groups in total. The zero-order chi connectivity index (χ0) is 34.9. The molecular formula is C32H43FN2O12. The fourth-order valence-corrected chi connectivity index (χ4v) is 8.58. The van der Waals surface area contributed by atoms with E-state index in [1.165, 1.54) is 12.2 Å². The normalized spacial score (nSPS) is 36.1. The second-order valence-corrected chi connectivity index (χ2v) is 13.6. The highest BCUT2D eigenvalue weighted by Crippen LogP contribution is 2.70. The molecule has 15 heteroatoms. The predicted molar refractivity (Wildman–Crippen MR) is 159 cm³/mol. The molecule has 0 aromatic carbocycles. The molecular weight excluding hydrogens is 623 g/mol. The summed E-state index contributed by atoms with van der Waals surface area (Å²) >= 11 is 0. The largest absolute Gasteiger partial charge is 0.464 e. The summed E-state index contributed by atoms with van der Waals surface area (Å²) in [5, 5.41) is 35.1. The lowest BCUT2D eigenvalue weighted by Crippen LogP contribution is -2.69. The van der Waals surface area contributed by atoms with Gasteiger partial charge in [-0.3, -0.25) is 19.2 Å². The van der Waals surface area contributed by atoms with Crippen molar-refractivity contribution in [2.45, 2.75) is 96.1 Å². The van der Waals surface area contributed by atoms with Crippen LogP contribution in [-0.4, -0.2) is 87.9 Å². The number of fused-ring (bicyclic) bond motifs is 5. The summed E-state index contributed by atoms with van der Waals surface area (Å²) in [5.74, 6) is -5.59. The van der Waals surface area contributed by atoms with Gasteiger partial charge in [0.05, 0.1) is 25.7 Å². The van der Waals surface area contributed by atoms with Crippen molar-refractivity contribution >= 4 is 29.4 Å². The zero-order valence-electron chi connectivity index (χ0n) is 27.0. The highest BCUT2D eigenvalue weighted by atomic mass is 19.1. The lowest BCUT2D eigenvalue weighted by atomic mass is 9.45. The minimum atomic E-state index is -2.14. The van der Waals surface area contributed by atoms with Crippen LogP contribution in [0.2, 0.25) is 0 Å². The summed E-state index contributed by atoms with van der Waals surface area (Å²) in [6, 6.07) is -1.44. The molecule has 260 valence electrons. The lowest BCUT2D eigenvalue weighted by Gasteiger charge is -2.62. The minimum absolute atomic E-state index is 0.0617. The third kappa shape index (κ3) is 6.31. The quantitative estimate of drug-likeness (QED) is 0.0846. The van der Waals surface area contributed by atoms with Gasteiger partial charge in [-0.25, -0.2) is 9.18 Å². The monoisotopic (exact) mass is 666 g/mol. The second kappa shape index (κ2) is 13.4. The maximum Gasteiger partial charge on any atom is 0.329 e. The van der Waals surface area contributed by atoms with Crippen molar-refractivity contribution in [2.24, 2.45) is 28.6 Å². The molecule has 1 unspecified atom stereocenters. The number of amides is 1. The molecule has 0 spiro atoms. The van der Waals surface area contributed by atoms with Gasteiger partial charge in [-0.05, 0) is 56.9 Å². The number of aliphatic hydroxyl groups is 2. The van der Waals surface area contributed by atoms with Crippen LogP contribution in [0.4, 0.5) is 4.39 Å². The summed E-state index contributed by atoms with van der Waals surface area (Å²) in [6.07, 6.45) is 3.20. The number of Topliss-reactive ketones (excluding diaryl/α,β-unsaturated/α-hetero) is 1. The molecule has 4 aliphatic carbocycles. The standard InChI is InChI=1S/C32H43FN2O12/c1-18-13-23-22-8-7-20-14-21(37)9-10-29(20,3)31(22,33)25(38)16-30(23,4)32(18,42)26(39)17-46-27(40)15-24(34-19(2)36)28(41)45-11-5-6-12-47-35(43)44/h7,9-10,18,22-25,38,42H,5-6,8,11-17H2,1-4H3,(H,34,36)/t18-,22+,23+,24?,25+,29+,30+,31+,32+/m1/s1. The molecule has 0 bridgehead atoms. The van der Waals surface area contributed by atoms with E-state index in [1.807, 2.05) is 6.08 Å². The smallest absolute Gasteiger partial charge is 0.329 e. The molecule has 9 atom stereocenters. The van der Waals surface area contributed by atoms with E-state index in [0.717, 1.165) is 6.92 Å². The van der Waals surface area contributed by atoms with Crippen molar-refractivity contribution in [1.29, 1.82) is 0 Å². The van der Waals surface area contributed by atoms with Gasteiger partial charge in [0.1, 0.15) is 11.6 Å². The van der Waals surface area contributed by atoms with E-state index in [4.69, 9.17) is 9.47 Å². The number of ether oxygens (including phenoxy) is 2. The van der Waals surface area contributed by atoms with E-state index in [9.17, 15) is 44.3 Å². The Balaban J connectivity index is 1.42. The van der Waals surface area contributed by atoms with Crippen LogP contribution in [0.25, 0.3) is 0 Å². The van der Waals surface area contributed by atoms with Crippen molar-refractivity contribution < 1.29 is 58.0 Å².